The monoisotopic (exact) mass is 278 g/mol. The number of aliphatic hydroxyl groups is 1. The summed E-state index contributed by atoms with van der Waals surface area (Å²) in [6.45, 7) is 5.60. The van der Waals surface area contributed by atoms with E-state index in [9.17, 15) is 5.11 Å². The zero-order valence-corrected chi connectivity index (χ0v) is 12.2. The van der Waals surface area contributed by atoms with Crippen LogP contribution in [0.4, 0.5) is 0 Å². The summed E-state index contributed by atoms with van der Waals surface area (Å²) in [4.78, 5) is 0. The van der Waals surface area contributed by atoms with E-state index in [0.717, 1.165) is 16.9 Å². The molecule has 0 amide bonds. The quantitative estimate of drug-likeness (QED) is 0.850. The van der Waals surface area contributed by atoms with Gasteiger partial charge in [-0.25, -0.2) is 0 Å². The molecule has 0 radical (unpaired) electrons. The third-order valence-corrected chi connectivity index (χ3v) is 3.54. The first-order valence-electron chi connectivity index (χ1n) is 6.20. The van der Waals surface area contributed by atoms with E-state index in [-0.39, 0.29) is 0 Å². The van der Waals surface area contributed by atoms with E-state index >= 15 is 0 Å². The Hall–Kier alpha value is -1.33. The third-order valence-electron chi connectivity index (χ3n) is 2.72. The highest BCUT2D eigenvalue weighted by Crippen LogP contribution is 2.26. The Morgan fingerprint density at radius 3 is 2.68 bits per heavy atom. The molecule has 1 N–H and O–H groups in total. The lowest BCUT2D eigenvalue weighted by Gasteiger charge is -2.15. The predicted octanol–water partition coefficient (Wildman–Crippen LogP) is 3.30. The zero-order chi connectivity index (χ0) is 13.9. The number of aromatic nitrogens is 2. The lowest BCUT2D eigenvalue weighted by Crippen LogP contribution is -2.18. The Morgan fingerprint density at radius 1 is 1.26 bits per heavy atom. The maximum atomic E-state index is 9.64. The predicted molar refractivity (Wildman–Crippen MR) is 76.1 cm³/mol. The van der Waals surface area contributed by atoms with Gasteiger partial charge in [0.2, 0.25) is 5.89 Å². The number of thioether (sulfide) groups is 1. The van der Waals surface area contributed by atoms with E-state index in [1.165, 1.54) is 11.8 Å². The maximum Gasteiger partial charge on any atom is 0.276 e. The van der Waals surface area contributed by atoms with Crippen LogP contribution in [0.25, 0.3) is 11.5 Å². The van der Waals surface area contributed by atoms with Crippen LogP contribution in [0.5, 0.6) is 0 Å². The molecule has 0 saturated carbocycles. The average Bonchev–Trinajstić information content (AvgIpc) is 2.76. The van der Waals surface area contributed by atoms with Gasteiger partial charge in [-0.3, -0.25) is 0 Å². The molecular weight excluding hydrogens is 260 g/mol. The first kappa shape index (κ1) is 14.1. The summed E-state index contributed by atoms with van der Waals surface area (Å²) in [5.41, 5.74) is 1.41. The van der Waals surface area contributed by atoms with Gasteiger partial charge in [0.05, 0.1) is 5.60 Å². The van der Waals surface area contributed by atoms with Crippen molar-refractivity contribution in [3.8, 4) is 11.5 Å². The van der Waals surface area contributed by atoms with Gasteiger partial charge in [0.25, 0.3) is 5.22 Å². The van der Waals surface area contributed by atoms with Crippen molar-refractivity contribution in [2.75, 3.05) is 5.75 Å². The minimum Gasteiger partial charge on any atom is -0.411 e. The van der Waals surface area contributed by atoms with Gasteiger partial charge in [-0.05, 0) is 38.8 Å². The number of benzene rings is 1. The number of hydrogen-bond acceptors (Lipinski definition) is 5. The van der Waals surface area contributed by atoms with Crippen LogP contribution in [0.1, 0.15) is 25.8 Å². The van der Waals surface area contributed by atoms with Crippen molar-refractivity contribution in [1.29, 1.82) is 0 Å². The smallest absolute Gasteiger partial charge is 0.276 e. The summed E-state index contributed by atoms with van der Waals surface area (Å²) in [6.07, 6.45) is 0.680. The summed E-state index contributed by atoms with van der Waals surface area (Å²) >= 11 is 1.47. The van der Waals surface area contributed by atoms with E-state index in [4.69, 9.17) is 4.42 Å². The molecule has 0 aliphatic heterocycles. The normalized spacial score (nSPS) is 11.8. The Bertz CT molecular complexity index is 546. The lowest BCUT2D eigenvalue weighted by molar-refractivity contribution is 0.0777. The largest absolute Gasteiger partial charge is 0.411 e. The summed E-state index contributed by atoms with van der Waals surface area (Å²) in [5.74, 6) is 1.29. The van der Waals surface area contributed by atoms with Crippen LogP contribution in [0.3, 0.4) is 0 Å². The molecule has 2 rings (SSSR count). The van der Waals surface area contributed by atoms with Crippen molar-refractivity contribution in [3.63, 3.8) is 0 Å². The van der Waals surface area contributed by atoms with Crippen molar-refractivity contribution in [2.24, 2.45) is 0 Å². The SMILES string of the molecule is Cc1ccccc1-c1nnc(SCCC(C)(C)O)o1. The van der Waals surface area contributed by atoms with Crippen molar-refractivity contribution in [2.45, 2.75) is 38.0 Å². The van der Waals surface area contributed by atoms with Gasteiger partial charge in [0.15, 0.2) is 0 Å². The molecule has 4 nitrogen and oxygen atoms in total. The van der Waals surface area contributed by atoms with Gasteiger partial charge in [-0.2, -0.15) is 0 Å². The molecule has 1 aromatic heterocycles. The van der Waals surface area contributed by atoms with Gasteiger partial charge in [-0.15, -0.1) is 10.2 Å². The Kier molecular flexibility index (Phi) is 4.27. The molecule has 2 aromatic rings. The minimum atomic E-state index is -0.661. The topological polar surface area (TPSA) is 59.2 Å². The minimum absolute atomic E-state index is 0.544. The zero-order valence-electron chi connectivity index (χ0n) is 11.4. The molecule has 0 unspecified atom stereocenters. The Labute approximate surface area is 117 Å². The fourth-order valence-corrected chi connectivity index (χ4v) is 2.59. The Balaban J connectivity index is 2.02. The molecule has 0 atom stereocenters. The van der Waals surface area contributed by atoms with Crippen LogP contribution in [-0.2, 0) is 0 Å². The highest BCUT2D eigenvalue weighted by molar-refractivity contribution is 7.99. The van der Waals surface area contributed by atoms with E-state index in [1.807, 2.05) is 31.2 Å². The van der Waals surface area contributed by atoms with Gasteiger partial charge in [-0.1, -0.05) is 30.0 Å². The molecule has 1 aromatic carbocycles. The van der Waals surface area contributed by atoms with Crippen molar-refractivity contribution in [3.05, 3.63) is 29.8 Å². The van der Waals surface area contributed by atoms with Crippen LogP contribution < -0.4 is 0 Å². The summed E-state index contributed by atoms with van der Waals surface area (Å²) in [6, 6.07) is 7.91. The molecule has 0 aliphatic rings. The van der Waals surface area contributed by atoms with Gasteiger partial charge in [0, 0.05) is 11.3 Å². The number of hydrogen-bond donors (Lipinski definition) is 1. The van der Waals surface area contributed by atoms with Crippen LogP contribution in [0, 0.1) is 6.92 Å². The molecule has 5 heteroatoms. The molecule has 0 fully saturated rings. The van der Waals surface area contributed by atoms with Crippen LogP contribution in [-0.4, -0.2) is 26.7 Å². The molecule has 102 valence electrons. The number of rotatable bonds is 5. The van der Waals surface area contributed by atoms with Crippen LogP contribution in [0.2, 0.25) is 0 Å². The standard InChI is InChI=1S/C14H18N2O2S/c1-10-6-4-5-7-11(10)12-15-16-13(18-12)19-9-8-14(2,3)17/h4-7,17H,8-9H2,1-3H3. The summed E-state index contributed by atoms with van der Waals surface area (Å²) in [5, 5.41) is 18.3. The second kappa shape index (κ2) is 5.75. The lowest BCUT2D eigenvalue weighted by atomic mass is 10.1. The Morgan fingerprint density at radius 2 is 2.00 bits per heavy atom. The summed E-state index contributed by atoms with van der Waals surface area (Å²) in [7, 11) is 0. The van der Waals surface area contributed by atoms with Gasteiger partial charge >= 0.3 is 0 Å². The highest BCUT2D eigenvalue weighted by Gasteiger charge is 2.14. The molecule has 0 bridgehead atoms. The van der Waals surface area contributed by atoms with E-state index in [2.05, 4.69) is 10.2 Å². The molecule has 19 heavy (non-hydrogen) atoms. The van der Waals surface area contributed by atoms with Gasteiger partial charge in [0.1, 0.15) is 0 Å². The van der Waals surface area contributed by atoms with Crippen LogP contribution in [0.15, 0.2) is 33.9 Å². The van der Waals surface area contributed by atoms with E-state index < -0.39 is 5.60 Å². The number of aryl methyl sites for hydroxylation is 1. The first-order chi connectivity index (χ1) is 8.96. The van der Waals surface area contributed by atoms with E-state index in [1.54, 1.807) is 13.8 Å². The highest BCUT2D eigenvalue weighted by atomic mass is 32.2. The fourth-order valence-electron chi connectivity index (χ4n) is 1.58. The molecule has 0 saturated heterocycles. The molecule has 0 aliphatic carbocycles. The van der Waals surface area contributed by atoms with Crippen molar-refractivity contribution >= 4 is 11.8 Å². The maximum absolute atomic E-state index is 9.64. The van der Waals surface area contributed by atoms with E-state index in [0.29, 0.717) is 17.5 Å². The van der Waals surface area contributed by atoms with Crippen molar-refractivity contribution in [1.82, 2.24) is 10.2 Å². The summed E-state index contributed by atoms with van der Waals surface area (Å²) < 4.78 is 5.62. The van der Waals surface area contributed by atoms with Gasteiger partial charge < -0.3 is 9.52 Å². The fraction of sp³-hybridized carbons (Fsp3) is 0.429. The second-order valence-electron chi connectivity index (χ2n) is 5.10. The van der Waals surface area contributed by atoms with Crippen LogP contribution >= 0.6 is 11.8 Å². The number of nitrogens with zero attached hydrogens (tertiary/aromatic N) is 2. The molecule has 0 spiro atoms. The third kappa shape index (κ3) is 4.08. The molecular formula is C14H18N2O2S. The average molecular weight is 278 g/mol. The second-order valence-corrected chi connectivity index (χ2v) is 6.15. The van der Waals surface area contributed by atoms with Crippen molar-refractivity contribution < 1.29 is 9.52 Å². The molecule has 1 heterocycles. The first-order valence-corrected chi connectivity index (χ1v) is 7.19.